The number of rotatable bonds is 3. The van der Waals surface area contributed by atoms with E-state index in [0.717, 1.165) is 25.7 Å². The predicted octanol–water partition coefficient (Wildman–Crippen LogP) is 4.39. The summed E-state index contributed by atoms with van der Waals surface area (Å²) in [6.45, 7) is 0. The molecule has 2 aliphatic heterocycles. The van der Waals surface area contributed by atoms with Crippen molar-refractivity contribution in [3.63, 3.8) is 0 Å². The van der Waals surface area contributed by atoms with Gasteiger partial charge in [-0.15, -0.1) is 0 Å². The van der Waals surface area contributed by atoms with E-state index in [1.54, 1.807) is 7.11 Å². The summed E-state index contributed by atoms with van der Waals surface area (Å²) in [5, 5.41) is 0. The van der Waals surface area contributed by atoms with Gasteiger partial charge in [0.25, 0.3) is 5.91 Å². The van der Waals surface area contributed by atoms with Crippen LogP contribution in [0, 0.1) is 5.82 Å². The maximum absolute atomic E-state index is 13.2. The molecule has 2 fully saturated rings. The molecule has 0 N–H and O–H groups in total. The molecule has 0 aliphatic carbocycles. The fourth-order valence-electron chi connectivity index (χ4n) is 4.42. The van der Waals surface area contributed by atoms with Crippen LogP contribution in [0.3, 0.4) is 0 Å². The van der Waals surface area contributed by atoms with Crippen molar-refractivity contribution in [3.8, 4) is 5.75 Å². The zero-order valence-electron chi connectivity index (χ0n) is 14.3. The van der Waals surface area contributed by atoms with Crippen molar-refractivity contribution in [2.24, 2.45) is 0 Å². The molecule has 2 bridgehead atoms. The average Bonchev–Trinajstić information content (AvgIpc) is 2.91. The second-order valence-corrected chi connectivity index (χ2v) is 7.05. The molecule has 0 radical (unpaired) electrons. The molecule has 2 aromatic carbocycles. The van der Waals surface area contributed by atoms with Gasteiger partial charge in [0.2, 0.25) is 0 Å². The van der Waals surface area contributed by atoms with Crippen LogP contribution in [0.25, 0.3) is 0 Å². The topological polar surface area (TPSA) is 29.5 Å². The fourth-order valence-corrected chi connectivity index (χ4v) is 4.42. The third-order valence-corrected chi connectivity index (χ3v) is 5.63. The standard InChI is InChI=1S/C21H22FNO2/c1-25-20-4-2-3-15(13-20)21(24)23-18-9-10-19(23)12-16(11-18)14-5-7-17(22)8-6-14/h2-8,13,16,18-19H,9-12H2,1H3. The Morgan fingerprint density at radius 3 is 2.40 bits per heavy atom. The lowest BCUT2D eigenvalue weighted by atomic mass is 9.85. The van der Waals surface area contributed by atoms with Crippen molar-refractivity contribution in [2.45, 2.75) is 43.7 Å². The summed E-state index contributed by atoms with van der Waals surface area (Å²) < 4.78 is 18.4. The summed E-state index contributed by atoms with van der Waals surface area (Å²) in [6.07, 6.45) is 4.02. The minimum atomic E-state index is -0.197. The third-order valence-electron chi connectivity index (χ3n) is 5.63. The van der Waals surface area contributed by atoms with Gasteiger partial charge >= 0.3 is 0 Å². The number of carbonyl (C=O) groups is 1. The highest BCUT2D eigenvalue weighted by Gasteiger charge is 2.43. The number of ether oxygens (including phenoxy) is 1. The molecule has 4 heteroatoms. The van der Waals surface area contributed by atoms with Crippen LogP contribution in [0.1, 0.15) is 47.5 Å². The number of methoxy groups -OCH3 is 1. The van der Waals surface area contributed by atoms with E-state index in [0.29, 0.717) is 17.2 Å². The molecule has 2 aromatic rings. The Kier molecular flexibility index (Phi) is 4.20. The summed E-state index contributed by atoms with van der Waals surface area (Å²) >= 11 is 0. The quantitative estimate of drug-likeness (QED) is 0.830. The van der Waals surface area contributed by atoms with Gasteiger partial charge in [-0.3, -0.25) is 4.79 Å². The normalized spacial score (nSPS) is 25.0. The van der Waals surface area contributed by atoms with E-state index >= 15 is 0 Å². The first-order valence-corrected chi connectivity index (χ1v) is 8.88. The van der Waals surface area contributed by atoms with Gasteiger partial charge in [0.1, 0.15) is 11.6 Å². The zero-order chi connectivity index (χ0) is 17.4. The number of fused-ring (bicyclic) bond motifs is 2. The maximum Gasteiger partial charge on any atom is 0.254 e. The average molecular weight is 339 g/mol. The third kappa shape index (κ3) is 3.01. The SMILES string of the molecule is COc1cccc(C(=O)N2C3CCC2CC(c2ccc(F)cc2)C3)c1. The van der Waals surface area contributed by atoms with Gasteiger partial charge < -0.3 is 9.64 Å². The largest absolute Gasteiger partial charge is 0.497 e. The lowest BCUT2D eigenvalue weighted by Crippen LogP contribution is -2.46. The van der Waals surface area contributed by atoms with Gasteiger partial charge in [-0.1, -0.05) is 18.2 Å². The molecule has 3 nitrogen and oxygen atoms in total. The molecule has 2 atom stereocenters. The molecule has 2 aliphatic rings. The van der Waals surface area contributed by atoms with Crippen molar-refractivity contribution in [1.82, 2.24) is 4.90 Å². The molecular formula is C21H22FNO2. The van der Waals surface area contributed by atoms with Crippen LogP contribution in [-0.2, 0) is 0 Å². The monoisotopic (exact) mass is 339 g/mol. The van der Waals surface area contributed by atoms with E-state index in [9.17, 15) is 9.18 Å². The van der Waals surface area contributed by atoms with Crippen LogP contribution < -0.4 is 4.74 Å². The van der Waals surface area contributed by atoms with Crippen molar-refractivity contribution >= 4 is 5.91 Å². The van der Waals surface area contributed by atoms with Gasteiger partial charge in [-0.25, -0.2) is 4.39 Å². The molecule has 130 valence electrons. The number of amides is 1. The summed E-state index contributed by atoms with van der Waals surface area (Å²) in [5.41, 5.74) is 1.88. The first-order valence-electron chi connectivity index (χ1n) is 8.88. The number of halogens is 1. The molecule has 1 amide bonds. The van der Waals surface area contributed by atoms with Crippen LogP contribution in [0.2, 0.25) is 0 Å². The Morgan fingerprint density at radius 2 is 1.76 bits per heavy atom. The van der Waals surface area contributed by atoms with Gasteiger partial charge in [0, 0.05) is 17.6 Å². The second-order valence-electron chi connectivity index (χ2n) is 7.05. The minimum absolute atomic E-state index is 0.101. The highest BCUT2D eigenvalue weighted by atomic mass is 19.1. The number of carbonyl (C=O) groups excluding carboxylic acids is 1. The summed E-state index contributed by atoms with van der Waals surface area (Å²) in [4.78, 5) is 15.1. The van der Waals surface area contributed by atoms with Crippen LogP contribution >= 0.6 is 0 Å². The van der Waals surface area contributed by atoms with Crippen LogP contribution in [0.4, 0.5) is 4.39 Å². The fraction of sp³-hybridized carbons (Fsp3) is 0.381. The predicted molar refractivity (Wildman–Crippen MR) is 94.3 cm³/mol. The number of hydrogen-bond acceptors (Lipinski definition) is 2. The van der Waals surface area contributed by atoms with Crippen molar-refractivity contribution in [1.29, 1.82) is 0 Å². The summed E-state index contributed by atoms with van der Waals surface area (Å²) in [7, 11) is 1.61. The zero-order valence-corrected chi connectivity index (χ0v) is 14.3. The van der Waals surface area contributed by atoms with E-state index in [4.69, 9.17) is 4.74 Å². The van der Waals surface area contributed by atoms with Gasteiger partial charge in [0.15, 0.2) is 0 Å². The molecule has 0 aromatic heterocycles. The number of nitrogens with zero attached hydrogens (tertiary/aromatic N) is 1. The highest BCUT2D eigenvalue weighted by molar-refractivity contribution is 5.95. The molecule has 0 spiro atoms. The van der Waals surface area contributed by atoms with Gasteiger partial charge in [-0.05, 0) is 67.5 Å². The maximum atomic E-state index is 13.2. The Bertz CT molecular complexity index is 760. The first-order chi connectivity index (χ1) is 12.2. The number of piperidine rings is 1. The Hall–Kier alpha value is -2.36. The summed E-state index contributed by atoms with van der Waals surface area (Å²) in [6, 6.07) is 14.8. The Labute approximate surface area is 147 Å². The molecule has 2 saturated heterocycles. The number of hydrogen-bond donors (Lipinski definition) is 0. The van der Waals surface area contributed by atoms with E-state index in [-0.39, 0.29) is 23.8 Å². The van der Waals surface area contributed by atoms with Crippen LogP contribution in [0.5, 0.6) is 5.75 Å². The number of benzene rings is 2. The smallest absolute Gasteiger partial charge is 0.254 e. The van der Waals surface area contributed by atoms with Crippen LogP contribution in [-0.4, -0.2) is 30.0 Å². The van der Waals surface area contributed by atoms with E-state index in [1.165, 1.54) is 17.7 Å². The molecule has 2 heterocycles. The van der Waals surface area contributed by atoms with Crippen molar-refractivity contribution in [2.75, 3.05) is 7.11 Å². The summed E-state index contributed by atoms with van der Waals surface area (Å²) in [5.74, 6) is 1.02. The van der Waals surface area contributed by atoms with Gasteiger partial charge in [0.05, 0.1) is 7.11 Å². The molecule has 0 saturated carbocycles. The first kappa shape index (κ1) is 16.1. The van der Waals surface area contributed by atoms with E-state index in [1.807, 2.05) is 36.4 Å². The van der Waals surface area contributed by atoms with Crippen LogP contribution in [0.15, 0.2) is 48.5 Å². The van der Waals surface area contributed by atoms with E-state index in [2.05, 4.69) is 4.90 Å². The minimum Gasteiger partial charge on any atom is -0.497 e. The highest BCUT2D eigenvalue weighted by Crippen LogP contribution is 2.43. The lowest BCUT2D eigenvalue weighted by Gasteiger charge is -2.39. The molecular weight excluding hydrogens is 317 g/mol. The van der Waals surface area contributed by atoms with Gasteiger partial charge in [-0.2, -0.15) is 0 Å². The second kappa shape index (κ2) is 6.51. The molecule has 25 heavy (non-hydrogen) atoms. The Morgan fingerprint density at radius 1 is 1.08 bits per heavy atom. The van der Waals surface area contributed by atoms with E-state index < -0.39 is 0 Å². The van der Waals surface area contributed by atoms with Crippen molar-refractivity contribution < 1.29 is 13.9 Å². The lowest BCUT2D eigenvalue weighted by molar-refractivity contribution is 0.0571. The molecule has 2 unspecified atom stereocenters. The molecule has 4 rings (SSSR count). The van der Waals surface area contributed by atoms with Crippen molar-refractivity contribution in [3.05, 3.63) is 65.5 Å². The Balaban J connectivity index is 1.54.